The summed E-state index contributed by atoms with van der Waals surface area (Å²) < 4.78 is 2.01. The highest BCUT2D eigenvalue weighted by Gasteiger charge is 2.09. The minimum absolute atomic E-state index is 0.347. The number of phenols is 1. The van der Waals surface area contributed by atoms with Crippen LogP contribution in [0, 0.1) is 0 Å². The average Bonchev–Trinajstić information content (AvgIpc) is 2.75. The van der Waals surface area contributed by atoms with Crippen LogP contribution in [0.2, 0.25) is 0 Å². The van der Waals surface area contributed by atoms with Crippen LogP contribution in [0.15, 0.2) is 42.6 Å². The van der Waals surface area contributed by atoms with E-state index >= 15 is 0 Å². The third-order valence-corrected chi connectivity index (χ3v) is 3.33. The van der Waals surface area contributed by atoms with Crippen LogP contribution in [0.1, 0.15) is 11.4 Å². The molecule has 3 rings (SSSR count). The Kier molecular flexibility index (Phi) is 2.91. The molecule has 1 aromatic carbocycles. The molecule has 4 nitrogen and oxygen atoms in total. The molecule has 0 aliphatic rings. The second-order valence-corrected chi connectivity index (χ2v) is 4.56. The number of para-hydroxylation sites is 1. The van der Waals surface area contributed by atoms with Gasteiger partial charge in [-0.3, -0.25) is 0 Å². The fourth-order valence-corrected chi connectivity index (χ4v) is 2.26. The topological polar surface area (TPSA) is 50.9 Å². The van der Waals surface area contributed by atoms with Crippen LogP contribution in [0.25, 0.3) is 11.2 Å². The summed E-state index contributed by atoms with van der Waals surface area (Å²) in [6, 6.07) is 11.3. The van der Waals surface area contributed by atoms with Crippen molar-refractivity contribution >= 4 is 11.2 Å². The summed E-state index contributed by atoms with van der Waals surface area (Å²) in [6.07, 6.45) is 3.32. The van der Waals surface area contributed by atoms with Gasteiger partial charge in [0.25, 0.3) is 0 Å². The van der Waals surface area contributed by atoms with E-state index in [1.807, 2.05) is 41.9 Å². The smallest absolute Gasteiger partial charge is 0.159 e. The quantitative estimate of drug-likeness (QED) is 0.780. The van der Waals surface area contributed by atoms with Crippen molar-refractivity contribution in [1.82, 2.24) is 14.5 Å². The van der Waals surface area contributed by atoms with Crippen molar-refractivity contribution in [2.24, 2.45) is 7.05 Å². The van der Waals surface area contributed by atoms with E-state index in [1.165, 1.54) is 0 Å². The monoisotopic (exact) mass is 253 g/mol. The minimum Gasteiger partial charge on any atom is -0.508 e. The Hall–Kier alpha value is -2.36. The van der Waals surface area contributed by atoms with E-state index in [0.717, 1.165) is 35.4 Å². The van der Waals surface area contributed by atoms with E-state index in [-0.39, 0.29) is 0 Å². The fraction of sp³-hybridized carbons (Fsp3) is 0.200. The molecule has 0 atom stereocenters. The molecule has 0 saturated heterocycles. The maximum Gasteiger partial charge on any atom is 0.159 e. The number of pyridine rings is 1. The van der Waals surface area contributed by atoms with Crippen molar-refractivity contribution in [2.45, 2.75) is 12.8 Å². The van der Waals surface area contributed by atoms with Gasteiger partial charge >= 0.3 is 0 Å². The van der Waals surface area contributed by atoms with Crippen LogP contribution in [0.3, 0.4) is 0 Å². The largest absolute Gasteiger partial charge is 0.508 e. The van der Waals surface area contributed by atoms with E-state index in [2.05, 4.69) is 9.97 Å². The molecule has 0 saturated carbocycles. The Balaban J connectivity index is 1.86. The normalized spacial score (nSPS) is 11.0. The van der Waals surface area contributed by atoms with Crippen molar-refractivity contribution in [3.63, 3.8) is 0 Å². The second-order valence-electron chi connectivity index (χ2n) is 4.56. The van der Waals surface area contributed by atoms with Gasteiger partial charge in [-0.25, -0.2) is 9.97 Å². The number of imidazole rings is 1. The van der Waals surface area contributed by atoms with Crippen LogP contribution in [-0.4, -0.2) is 19.6 Å². The molecule has 0 bridgehead atoms. The van der Waals surface area contributed by atoms with Crippen molar-refractivity contribution in [3.8, 4) is 5.75 Å². The fourth-order valence-electron chi connectivity index (χ4n) is 2.26. The molecule has 0 aliphatic heterocycles. The number of aryl methyl sites for hydroxylation is 3. The zero-order chi connectivity index (χ0) is 13.2. The first kappa shape index (κ1) is 11.7. The van der Waals surface area contributed by atoms with E-state index in [9.17, 15) is 5.11 Å². The molecule has 0 aliphatic carbocycles. The van der Waals surface area contributed by atoms with Crippen LogP contribution in [0.5, 0.6) is 5.75 Å². The lowest BCUT2D eigenvalue weighted by molar-refractivity contribution is 0.467. The number of aromatic nitrogens is 3. The summed E-state index contributed by atoms with van der Waals surface area (Å²) in [7, 11) is 1.97. The molecule has 96 valence electrons. The highest BCUT2D eigenvalue weighted by Crippen LogP contribution is 2.19. The lowest BCUT2D eigenvalue weighted by atomic mass is 10.1. The number of hydrogen-bond donors (Lipinski definition) is 1. The molecule has 4 heteroatoms. The number of fused-ring (bicyclic) bond motifs is 1. The number of rotatable bonds is 3. The summed E-state index contributed by atoms with van der Waals surface area (Å²) in [5.41, 5.74) is 2.76. The van der Waals surface area contributed by atoms with Crippen molar-refractivity contribution in [1.29, 1.82) is 0 Å². The highest BCUT2D eigenvalue weighted by atomic mass is 16.3. The zero-order valence-corrected chi connectivity index (χ0v) is 10.7. The molecule has 2 aromatic heterocycles. The number of hydrogen-bond acceptors (Lipinski definition) is 3. The first-order valence-corrected chi connectivity index (χ1v) is 6.29. The summed E-state index contributed by atoms with van der Waals surface area (Å²) >= 11 is 0. The van der Waals surface area contributed by atoms with Gasteiger partial charge < -0.3 is 9.67 Å². The second kappa shape index (κ2) is 4.72. The Labute approximate surface area is 111 Å². The summed E-state index contributed by atoms with van der Waals surface area (Å²) in [4.78, 5) is 8.90. The van der Waals surface area contributed by atoms with Gasteiger partial charge in [0.15, 0.2) is 5.65 Å². The SMILES string of the molecule is Cn1c(CCc2ccccc2O)nc2cccnc21. The lowest BCUT2D eigenvalue weighted by Crippen LogP contribution is -2.01. The number of phenolic OH excluding ortho intramolecular Hbond substituents is 1. The van der Waals surface area contributed by atoms with Crippen molar-refractivity contribution in [2.75, 3.05) is 0 Å². The number of nitrogens with zero attached hydrogens (tertiary/aromatic N) is 3. The first-order chi connectivity index (χ1) is 9.25. The molecule has 2 heterocycles. The third-order valence-electron chi connectivity index (χ3n) is 3.33. The Bertz CT molecular complexity index is 718. The highest BCUT2D eigenvalue weighted by molar-refractivity contribution is 5.70. The summed E-state index contributed by atoms with van der Waals surface area (Å²) in [5, 5.41) is 9.76. The summed E-state index contributed by atoms with van der Waals surface area (Å²) in [6.45, 7) is 0. The molecule has 0 spiro atoms. The first-order valence-electron chi connectivity index (χ1n) is 6.29. The molecular formula is C15H15N3O. The van der Waals surface area contributed by atoms with Gasteiger partial charge in [0.1, 0.15) is 17.1 Å². The zero-order valence-electron chi connectivity index (χ0n) is 10.7. The van der Waals surface area contributed by atoms with Crippen molar-refractivity contribution < 1.29 is 5.11 Å². The van der Waals surface area contributed by atoms with Gasteiger partial charge in [0.05, 0.1) is 0 Å². The molecule has 0 unspecified atom stereocenters. The summed E-state index contributed by atoms with van der Waals surface area (Å²) in [5.74, 6) is 1.33. The number of benzene rings is 1. The number of aromatic hydroxyl groups is 1. The lowest BCUT2D eigenvalue weighted by Gasteiger charge is -2.04. The molecule has 0 amide bonds. The standard InChI is InChI=1S/C15H15N3O/c1-18-14(17-12-6-4-10-16-15(12)18)9-8-11-5-2-3-7-13(11)19/h2-7,10,19H,8-9H2,1H3. The van der Waals surface area contributed by atoms with E-state index < -0.39 is 0 Å². The molecule has 0 fully saturated rings. The van der Waals surface area contributed by atoms with Gasteiger partial charge in [-0.15, -0.1) is 0 Å². The predicted octanol–water partition coefficient (Wildman–Crippen LogP) is 2.46. The van der Waals surface area contributed by atoms with E-state index in [0.29, 0.717) is 5.75 Å². The maximum atomic E-state index is 9.76. The predicted molar refractivity (Wildman–Crippen MR) is 74.0 cm³/mol. The average molecular weight is 253 g/mol. The van der Waals surface area contributed by atoms with Crippen LogP contribution in [-0.2, 0) is 19.9 Å². The minimum atomic E-state index is 0.347. The molecule has 3 aromatic rings. The van der Waals surface area contributed by atoms with E-state index in [4.69, 9.17) is 0 Å². The third kappa shape index (κ3) is 2.17. The van der Waals surface area contributed by atoms with Gasteiger partial charge in [0.2, 0.25) is 0 Å². The maximum absolute atomic E-state index is 9.76. The Morgan fingerprint density at radius 2 is 1.95 bits per heavy atom. The van der Waals surface area contributed by atoms with Gasteiger partial charge in [-0.1, -0.05) is 18.2 Å². The van der Waals surface area contributed by atoms with Gasteiger partial charge in [-0.2, -0.15) is 0 Å². The molecule has 0 radical (unpaired) electrons. The van der Waals surface area contributed by atoms with E-state index in [1.54, 1.807) is 12.3 Å². The van der Waals surface area contributed by atoms with Crippen LogP contribution in [0.4, 0.5) is 0 Å². The van der Waals surface area contributed by atoms with Crippen molar-refractivity contribution in [3.05, 3.63) is 54.0 Å². The Morgan fingerprint density at radius 1 is 1.11 bits per heavy atom. The van der Waals surface area contributed by atoms with Gasteiger partial charge in [0, 0.05) is 19.7 Å². The van der Waals surface area contributed by atoms with Crippen LogP contribution >= 0.6 is 0 Å². The molecular weight excluding hydrogens is 238 g/mol. The molecule has 19 heavy (non-hydrogen) atoms. The molecule has 1 N–H and O–H groups in total. The van der Waals surface area contributed by atoms with Gasteiger partial charge in [-0.05, 0) is 30.2 Å². The Morgan fingerprint density at radius 3 is 2.74 bits per heavy atom. The van der Waals surface area contributed by atoms with Crippen LogP contribution < -0.4 is 0 Å².